The van der Waals surface area contributed by atoms with Crippen LogP contribution in [0.25, 0.3) is 0 Å². The van der Waals surface area contributed by atoms with E-state index in [2.05, 4.69) is 0 Å². The second-order valence-corrected chi connectivity index (χ2v) is 13.9. The largest absolute Gasteiger partial charge is 0.467 e. The van der Waals surface area contributed by atoms with E-state index in [0.717, 1.165) is 7.11 Å². The molecule has 3 N–H and O–H groups in total. The fraction of sp³-hybridized carbons (Fsp3) is 0.862. The molecular formula is C29H48O15. The van der Waals surface area contributed by atoms with Gasteiger partial charge in [-0.1, -0.05) is 0 Å². The summed E-state index contributed by atoms with van der Waals surface area (Å²) in [5.41, 5.74) is -3.23. The van der Waals surface area contributed by atoms with Crippen LogP contribution in [0.4, 0.5) is 0 Å². The summed E-state index contributed by atoms with van der Waals surface area (Å²) in [7, 11) is 2.28. The number of methoxy groups -OCH3 is 2. The summed E-state index contributed by atoms with van der Waals surface area (Å²) in [6.07, 6.45) is -15.8. The molecule has 2 heterocycles. The zero-order chi connectivity index (χ0) is 33.9. The quantitative estimate of drug-likeness (QED) is 0.241. The van der Waals surface area contributed by atoms with Crippen molar-refractivity contribution < 1.29 is 72.4 Å². The van der Waals surface area contributed by atoms with Gasteiger partial charge in [-0.2, -0.15) is 0 Å². The predicted octanol–water partition coefficient (Wildman–Crippen LogP) is 0.229. The molecule has 0 bridgehead atoms. The molecule has 2 saturated heterocycles. The molecule has 0 aromatic rings. The van der Waals surface area contributed by atoms with Crippen LogP contribution >= 0.6 is 0 Å². The average Bonchev–Trinajstić information content (AvgIpc) is 2.91. The van der Waals surface area contributed by atoms with Crippen LogP contribution in [0.1, 0.15) is 62.3 Å². The van der Waals surface area contributed by atoms with Crippen LogP contribution in [-0.4, -0.2) is 121 Å². The van der Waals surface area contributed by atoms with Gasteiger partial charge < -0.3 is 53.2 Å². The van der Waals surface area contributed by atoms with Gasteiger partial charge >= 0.3 is 23.9 Å². The highest BCUT2D eigenvalue weighted by Crippen LogP contribution is 2.35. The normalized spacial score (nSPS) is 33.2. The van der Waals surface area contributed by atoms with Crippen molar-refractivity contribution in [3.05, 3.63) is 0 Å². The summed E-state index contributed by atoms with van der Waals surface area (Å²) in [5.74, 6) is -3.36. The zero-order valence-electron chi connectivity index (χ0n) is 27.2. The third-order valence-electron chi connectivity index (χ3n) is 6.82. The number of esters is 4. The van der Waals surface area contributed by atoms with E-state index in [1.165, 1.54) is 7.11 Å². The summed E-state index contributed by atoms with van der Waals surface area (Å²) in [6.45, 7) is 13.6. The summed E-state index contributed by atoms with van der Waals surface area (Å²) in [6, 6.07) is 0. The van der Waals surface area contributed by atoms with E-state index in [-0.39, 0.29) is 0 Å². The highest BCUT2D eigenvalue weighted by atomic mass is 16.8. The minimum absolute atomic E-state index is 0.556. The molecule has 0 aliphatic carbocycles. The van der Waals surface area contributed by atoms with E-state index < -0.39 is 108 Å². The molecule has 2 aliphatic heterocycles. The molecule has 44 heavy (non-hydrogen) atoms. The standard InChI is InChI=1S/C29H48O15/c1-27(2,3)24(34)42-17-18(43-25(35)28(4,5)6)20(44-26(36)29(7,8)9)23(41-19(17)21(33)37-10)39-12-13-14(30)15(31)16(32)22(38-11)40-13/h13-20,22-23,30-32H,12H2,1-11H3/t13-,14+,15+,16-,17+,18+,19+,20-,22-,23-/m1/s1. The molecule has 0 saturated carbocycles. The molecule has 0 aromatic heterocycles. The summed E-state index contributed by atoms with van der Waals surface area (Å²) >= 11 is 0. The maximum atomic E-state index is 13.2. The summed E-state index contributed by atoms with van der Waals surface area (Å²) < 4.78 is 44.5. The van der Waals surface area contributed by atoms with Crippen LogP contribution in [0.15, 0.2) is 0 Å². The van der Waals surface area contributed by atoms with E-state index in [9.17, 15) is 34.5 Å². The lowest BCUT2D eigenvalue weighted by Crippen LogP contribution is -2.65. The number of hydrogen-bond acceptors (Lipinski definition) is 15. The Morgan fingerprint density at radius 2 is 1.07 bits per heavy atom. The Bertz CT molecular complexity index is 1020. The number of hydrogen-bond donors (Lipinski definition) is 3. The predicted molar refractivity (Wildman–Crippen MR) is 148 cm³/mol. The maximum Gasteiger partial charge on any atom is 0.339 e. The molecule has 15 heteroatoms. The maximum absolute atomic E-state index is 13.2. The van der Waals surface area contributed by atoms with Crippen LogP contribution in [-0.2, 0) is 57.1 Å². The van der Waals surface area contributed by atoms with E-state index >= 15 is 0 Å². The molecule has 0 unspecified atom stereocenters. The molecule has 2 fully saturated rings. The van der Waals surface area contributed by atoms with E-state index in [0.29, 0.717) is 0 Å². The fourth-order valence-corrected chi connectivity index (χ4v) is 3.98. The number of carbonyl (C=O) groups is 4. The topological polar surface area (TPSA) is 203 Å². The first-order valence-corrected chi connectivity index (χ1v) is 14.2. The van der Waals surface area contributed by atoms with Gasteiger partial charge in [-0.15, -0.1) is 0 Å². The van der Waals surface area contributed by atoms with Gasteiger partial charge in [0.05, 0.1) is 30.0 Å². The van der Waals surface area contributed by atoms with Gasteiger partial charge in [0.2, 0.25) is 0 Å². The van der Waals surface area contributed by atoms with Crippen molar-refractivity contribution in [2.45, 2.75) is 124 Å². The van der Waals surface area contributed by atoms with Crippen LogP contribution < -0.4 is 0 Å². The fourth-order valence-electron chi connectivity index (χ4n) is 3.98. The molecule has 2 aliphatic rings. The van der Waals surface area contributed by atoms with Crippen molar-refractivity contribution in [2.75, 3.05) is 20.8 Å². The Kier molecular flexibility index (Phi) is 12.3. The average molecular weight is 637 g/mol. The Morgan fingerprint density at radius 3 is 1.50 bits per heavy atom. The Hall–Kier alpha value is -2.40. The van der Waals surface area contributed by atoms with Crippen molar-refractivity contribution >= 4 is 23.9 Å². The van der Waals surface area contributed by atoms with Gasteiger partial charge in [-0.05, 0) is 62.3 Å². The third kappa shape index (κ3) is 9.08. The van der Waals surface area contributed by atoms with Crippen LogP contribution in [0.5, 0.6) is 0 Å². The van der Waals surface area contributed by atoms with Gasteiger partial charge in [0.1, 0.15) is 24.4 Å². The number of ether oxygens (including phenoxy) is 8. The highest BCUT2D eigenvalue weighted by molar-refractivity contribution is 5.80. The lowest BCUT2D eigenvalue weighted by atomic mass is 9.93. The first kappa shape index (κ1) is 37.8. The van der Waals surface area contributed by atoms with E-state index in [4.69, 9.17) is 37.9 Å². The van der Waals surface area contributed by atoms with Gasteiger partial charge in [0.15, 0.2) is 37.0 Å². The summed E-state index contributed by atoms with van der Waals surface area (Å²) in [4.78, 5) is 52.4. The molecular weight excluding hydrogens is 588 g/mol. The summed E-state index contributed by atoms with van der Waals surface area (Å²) in [5, 5.41) is 30.9. The minimum Gasteiger partial charge on any atom is -0.467 e. The van der Waals surface area contributed by atoms with Crippen molar-refractivity contribution in [3.63, 3.8) is 0 Å². The van der Waals surface area contributed by atoms with Gasteiger partial charge in [0, 0.05) is 7.11 Å². The Labute approximate surface area is 257 Å². The lowest BCUT2D eigenvalue weighted by Gasteiger charge is -2.45. The van der Waals surface area contributed by atoms with Gasteiger partial charge in [0.25, 0.3) is 0 Å². The van der Waals surface area contributed by atoms with E-state index in [1.807, 2.05) is 0 Å². The van der Waals surface area contributed by atoms with Crippen LogP contribution in [0, 0.1) is 16.2 Å². The molecule has 0 radical (unpaired) electrons. The molecule has 254 valence electrons. The molecule has 0 amide bonds. The first-order chi connectivity index (χ1) is 20.0. The second kappa shape index (κ2) is 14.4. The minimum atomic E-state index is -1.73. The zero-order valence-corrected chi connectivity index (χ0v) is 27.2. The lowest BCUT2D eigenvalue weighted by molar-refractivity contribution is -0.328. The molecule has 15 nitrogen and oxygen atoms in total. The molecule has 0 spiro atoms. The number of aliphatic hydroxyl groups is 3. The molecule has 10 atom stereocenters. The van der Waals surface area contributed by atoms with Crippen LogP contribution in [0.2, 0.25) is 0 Å². The van der Waals surface area contributed by atoms with E-state index in [1.54, 1.807) is 62.3 Å². The number of carbonyl (C=O) groups excluding carboxylic acids is 4. The number of rotatable bonds is 8. The monoisotopic (exact) mass is 636 g/mol. The molecule has 2 rings (SSSR count). The third-order valence-corrected chi connectivity index (χ3v) is 6.82. The van der Waals surface area contributed by atoms with Crippen molar-refractivity contribution in [3.8, 4) is 0 Å². The SMILES string of the molecule is COC(=O)[C@H]1O[C@@H](OC[C@H]2O[C@@H](OC)[C@H](O)[C@@H](O)[C@H]2O)[C@H](OC(=O)C(C)(C)C)[C@@H](OC(=O)C(C)(C)C)[C@@H]1OC(=O)C(C)(C)C. The van der Waals surface area contributed by atoms with Gasteiger partial charge in [-0.25, -0.2) is 4.79 Å². The van der Waals surface area contributed by atoms with Crippen molar-refractivity contribution in [1.29, 1.82) is 0 Å². The smallest absolute Gasteiger partial charge is 0.339 e. The Balaban J connectivity index is 2.61. The first-order valence-electron chi connectivity index (χ1n) is 14.2. The van der Waals surface area contributed by atoms with Crippen molar-refractivity contribution in [1.82, 2.24) is 0 Å². The second-order valence-electron chi connectivity index (χ2n) is 13.9. The highest BCUT2D eigenvalue weighted by Gasteiger charge is 2.57. The van der Waals surface area contributed by atoms with Crippen molar-refractivity contribution in [2.24, 2.45) is 16.2 Å². The Morgan fingerprint density at radius 1 is 0.614 bits per heavy atom. The molecule has 0 aromatic carbocycles. The number of aliphatic hydroxyl groups excluding tert-OH is 3. The van der Waals surface area contributed by atoms with Gasteiger partial charge in [-0.3, -0.25) is 14.4 Å². The van der Waals surface area contributed by atoms with Crippen LogP contribution in [0.3, 0.4) is 0 Å².